The number of fused-ring (bicyclic) bond motifs is 1. The van der Waals surface area contributed by atoms with Gasteiger partial charge in [0, 0.05) is 10.4 Å². The molecule has 2 rings (SSSR count). The fourth-order valence-corrected chi connectivity index (χ4v) is 4.70. The van der Waals surface area contributed by atoms with Gasteiger partial charge in [0.15, 0.2) is 5.57 Å². The zero-order chi connectivity index (χ0) is 16.5. The normalized spacial score (nSPS) is 15.0. The van der Waals surface area contributed by atoms with Crippen LogP contribution in [0, 0.1) is 6.92 Å². The van der Waals surface area contributed by atoms with Crippen molar-refractivity contribution in [3.05, 3.63) is 22.1 Å². The molecule has 1 aromatic heterocycles. The molecule has 0 spiro atoms. The lowest BCUT2D eigenvalue weighted by Gasteiger charge is -2.09. The van der Waals surface area contributed by atoms with E-state index in [1.54, 1.807) is 26.8 Å². The summed E-state index contributed by atoms with van der Waals surface area (Å²) in [5.41, 5.74) is -0.237. The average Bonchev–Trinajstić information content (AvgIpc) is 2.90. The Morgan fingerprint density at radius 2 is 1.73 bits per heavy atom. The van der Waals surface area contributed by atoms with Gasteiger partial charge in [0.1, 0.15) is 4.21 Å². The van der Waals surface area contributed by atoms with Crippen LogP contribution in [0.4, 0.5) is 0 Å². The maximum Gasteiger partial charge on any atom is 0.347 e. The molecule has 7 nitrogen and oxygen atoms in total. The summed E-state index contributed by atoms with van der Waals surface area (Å²) in [4.78, 5) is 24.9. The first-order valence-electron chi connectivity index (χ1n) is 6.54. The van der Waals surface area contributed by atoms with Gasteiger partial charge in [0.25, 0.3) is 10.0 Å². The number of rotatable bonds is 4. The molecule has 0 unspecified atom stereocenters. The Morgan fingerprint density at radius 1 is 1.18 bits per heavy atom. The number of carbonyl (C=O) groups is 2. The predicted molar refractivity (Wildman–Crippen MR) is 79.6 cm³/mol. The summed E-state index contributed by atoms with van der Waals surface area (Å²) < 4.78 is 36.2. The number of hydrogen-bond donors (Lipinski definition) is 1. The number of esters is 2. The summed E-state index contributed by atoms with van der Waals surface area (Å²) >= 11 is 1.07. The van der Waals surface area contributed by atoms with Gasteiger partial charge in [-0.2, -0.15) is 0 Å². The van der Waals surface area contributed by atoms with Gasteiger partial charge in [-0.25, -0.2) is 18.0 Å². The molecular weight excluding hydrogens is 330 g/mol. The van der Waals surface area contributed by atoms with Crippen molar-refractivity contribution < 1.29 is 27.5 Å². The Labute approximate surface area is 132 Å². The molecule has 22 heavy (non-hydrogen) atoms. The minimum absolute atomic E-state index is 0.0529. The van der Waals surface area contributed by atoms with Crippen molar-refractivity contribution in [2.24, 2.45) is 0 Å². The van der Waals surface area contributed by atoms with Crippen molar-refractivity contribution in [1.29, 1.82) is 0 Å². The number of nitrogens with one attached hydrogen (secondary N) is 1. The molecule has 0 aliphatic carbocycles. The summed E-state index contributed by atoms with van der Waals surface area (Å²) in [6, 6.07) is 1.60. The molecule has 120 valence electrons. The van der Waals surface area contributed by atoms with E-state index in [1.165, 1.54) is 0 Å². The first kappa shape index (κ1) is 16.5. The van der Waals surface area contributed by atoms with Gasteiger partial charge < -0.3 is 9.47 Å². The first-order chi connectivity index (χ1) is 10.3. The molecule has 0 radical (unpaired) electrons. The Balaban J connectivity index is 2.65. The third-order valence-electron chi connectivity index (χ3n) is 2.78. The molecule has 0 amide bonds. The molecular formula is C13H15NO6S2. The van der Waals surface area contributed by atoms with Crippen molar-refractivity contribution in [3.8, 4) is 0 Å². The minimum atomic E-state index is -3.78. The van der Waals surface area contributed by atoms with E-state index in [-0.39, 0.29) is 23.1 Å². The van der Waals surface area contributed by atoms with Crippen LogP contribution >= 0.6 is 11.3 Å². The van der Waals surface area contributed by atoms with Gasteiger partial charge in [-0.1, -0.05) is 0 Å². The highest BCUT2D eigenvalue weighted by atomic mass is 32.2. The molecule has 0 saturated heterocycles. The summed E-state index contributed by atoms with van der Waals surface area (Å²) in [5, 5.41) is 0. The molecule has 2 heterocycles. The van der Waals surface area contributed by atoms with Crippen LogP contribution in [0.2, 0.25) is 0 Å². The van der Waals surface area contributed by atoms with Crippen molar-refractivity contribution >= 4 is 39.0 Å². The highest BCUT2D eigenvalue weighted by Gasteiger charge is 2.38. The fourth-order valence-electron chi connectivity index (χ4n) is 1.98. The van der Waals surface area contributed by atoms with E-state index in [2.05, 4.69) is 4.72 Å². The van der Waals surface area contributed by atoms with Crippen molar-refractivity contribution in [1.82, 2.24) is 4.72 Å². The quantitative estimate of drug-likeness (QED) is 0.381. The van der Waals surface area contributed by atoms with Gasteiger partial charge >= 0.3 is 11.9 Å². The van der Waals surface area contributed by atoms with E-state index in [0.29, 0.717) is 5.56 Å². The summed E-state index contributed by atoms with van der Waals surface area (Å²) in [7, 11) is -3.78. The second-order valence-electron chi connectivity index (χ2n) is 4.35. The molecule has 1 aliphatic heterocycles. The highest BCUT2D eigenvalue weighted by molar-refractivity contribution is 7.92. The summed E-state index contributed by atoms with van der Waals surface area (Å²) in [6.45, 7) is 5.02. The molecule has 0 saturated carbocycles. The second-order valence-corrected chi connectivity index (χ2v) is 7.49. The zero-order valence-corrected chi connectivity index (χ0v) is 13.9. The van der Waals surface area contributed by atoms with Gasteiger partial charge in [-0.05, 0) is 26.8 Å². The first-order valence-corrected chi connectivity index (χ1v) is 8.83. The molecule has 0 atom stereocenters. The summed E-state index contributed by atoms with van der Waals surface area (Å²) in [6.07, 6.45) is 0. The highest BCUT2D eigenvalue weighted by Crippen LogP contribution is 2.38. The van der Waals surface area contributed by atoms with Crippen LogP contribution in [0.3, 0.4) is 0 Å². The van der Waals surface area contributed by atoms with Crippen LogP contribution in [0.15, 0.2) is 15.8 Å². The van der Waals surface area contributed by atoms with Crippen LogP contribution in [-0.2, 0) is 29.1 Å². The molecule has 0 aromatic carbocycles. The van der Waals surface area contributed by atoms with Gasteiger partial charge in [0.05, 0.1) is 18.9 Å². The molecule has 9 heteroatoms. The van der Waals surface area contributed by atoms with E-state index < -0.39 is 27.5 Å². The predicted octanol–water partition coefficient (Wildman–Crippen LogP) is 1.19. The Morgan fingerprint density at radius 3 is 2.23 bits per heavy atom. The van der Waals surface area contributed by atoms with Crippen molar-refractivity contribution in [2.45, 2.75) is 25.0 Å². The zero-order valence-electron chi connectivity index (χ0n) is 12.3. The van der Waals surface area contributed by atoms with E-state index in [4.69, 9.17) is 9.47 Å². The molecule has 1 N–H and O–H groups in total. The maximum absolute atomic E-state index is 12.1. The van der Waals surface area contributed by atoms with Crippen LogP contribution in [0.25, 0.3) is 5.70 Å². The van der Waals surface area contributed by atoms with Crippen LogP contribution < -0.4 is 4.72 Å². The topological polar surface area (TPSA) is 98.8 Å². The molecule has 0 bridgehead atoms. The average molecular weight is 345 g/mol. The van der Waals surface area contributed by atoms with Crippen LogP contribution in [0.1, 0.15) is 24.3 Å². The monoisotopic (exact) mass is 345 g/mol. The standard InChI is InChI=1S/C13H15NO6S2/c1-4-19-11(15)9(12(16)20-5-2)10-8-6-7(3)21-13(8)22(17,18)14-10/h6,14H,4-5H2,1-3H3. The van der Waals surface area contributed by atoms with Crippen molar-refractivity contribution in [3.63, 3.8) is 0 Å². The van der Waals surface area contributed by atoms with Gasteiger partial charge in [-0.3, -0.25) is 4.72 Å². The second kappa shape index (κ2) is 6.09. The van der Waals surface area contributed by atoms with Crippen LogP contribution in [-0.4, -0.2) is 33.6 Å². The molecule has 1 aliphatic rings. The lowest BCUT2D eigenvalue weighted by molar-refractivity contribution is -0.146. The van der Waals surface area contributed by atoms with Crippen LogP contribution in [0.5, 0.6) is 0 Å². The SMILES string of the molecule is CCOC(=O)C(C(=O)OCC)=C1NS(=O)(=O)c2sc(C)cc21. The third kappa shape index (κ3) is 2.86. The fraction of sp³-hybridized carbons (Fsp3) is 0.385. The minimum Gasteiger partial charge on any atom is -0.462 e. The Kier molecular flexibility index (Phi) is 4.57. The molecule has 1 aromatic rings. The Bertz CT molecular complexity index is 739. The van der Waals surface area contributed by atoms with Gasteiger partial charge in [-0.15, -0.1) is 11.3 Å². The largest absolute Gasteiger partial charge is 0.462 e. The third-order valence-corrected chi connectivity index (χ3v) is 5.71. The number of carbonyl (C=O) groups excluding carboxylic acids is 2. The molecule has 0 fully saturated rings. The lowest BCUT2D eigenvalue weighted by atomic mass is 10.1. The number of thiophene rings is 1. The van der Waals surface area contributed by atoms with E-state index >= 15 is 0 Å². The van der Waals surface area contributed by atoms with E-state index in [1.807, 2.05) is 0 Å². The van der Waals surface area contributed by atoms with Crippen molar-refractivity contribution in [2.75, 3.05) is 13.2 Å². The summed E-state index contributed by atoms with van der Waals surface area (Å²) in [5.74, 6) is -1.84. The number of aryl methyl sites for hydroxylation is 1. The smallest absolute Gasteiger partial charge is 0.347 e. The van der Waals surface area contributed by atoms with E-state index in [0.717, 1.165) is 16.2 Å². The number of sulfonamides is 1. The number of hydrogen-bond acceptors (Lipinski definition) is 7. The number of ether oxygens (including phenoxy) is 2. The maximum atomic E-state index is 12.1. The van der Waals surface area contributed by atoms with Gasteiger partial charge in [0.2, 0.25) is 0 Å². The van der Waals surface area contributed by atoms with E-state index in [9.17, 15) is 18.0 Å². The lowest BCUT2D eigenvalue weighted by Crippen LogP contribution is -2.24. The Hall–Kier alpha value is -1.87.